The fourth-order valence-corrected chi connectivity index (χ4v) is 3.41. The van der Waals surface area contributed by atoms with E-state index in [0.717, 1.165) is 5.92 Å². The molecule has 16 heavy (non-hydrogen) atoms. The van der Waals surface area contributed by atoms with Crippen molar-refractivity contribution >= 4 is 0 Å². The number of likely N-dealkylation sites (tertiary alicyclic amines) is 1. The first-order valence-electron chi connectivity index (χ1n) is 7.34. The van der Waals surface area contributed by atoms with Gasteiger partial charge in [0.25, 0.3) is 0 Å². The molecule has 0 radical (unpaired) electrons. The molecule has 0 aliphatic carbocycles. The lowest BCUT2D eigenvalue weighted by molar-refractivity contribution is 0.0783. The molecular formula is C15H31N. The van der Waals surface area contributed by atoms with Crippen LogP contribution in [0.4, 0.5) is 0 Å². The van der Waals surface area contributed by atoms with Crippen LogP contribution in [-0.2, 0) is 0 Å². The Morgan fingerprint density at radius 3 is 1.88 bits per heavy atom. The number of hydrogen-bond donors (Lipinski definition) is 0. The summed E-state index contributed by atoms with van der Waals surface area (Å²) in [5, 5.41) is 0. The van der Waals surface area contributed by atoms with Gasteiger partial charge in [0.2, 0.25) is 0 Å². The van der Waals surface area contributed by atoms with Crippen molar-refractivity contribution in [2.45, 2.75) is 66.2 Å². The van der Waals surface area contributed by atoms with Crippen LogP contribution in [0.5, 0.6) is 0 Å². The SMILES string of the molecule is CCCC1(CCC)CCN(CC(C)C)CC1. The molecule has 1 rings (SSSR count). The van der Waals surface area contributed by atoms with E-state index in [4.69, 9.17) is 0 Å². The Hall–Kier alpha value is -0.0400. The van der Waals surface area contributed by atoms with Crippen LogP contribution in [0.1, 0.15) is 66.2 Å². The van der Waals surface area contributed by atoms with Crippen molar-refractivity contribution < 1.29 is 0 Å². The highest BCUT2D eigenvalue weighted by atomic mass is 15.1. The average molecular weight is 225 g/mol. The fourth-order valence-electron chi connectivity index (χ4n) is 3.41. The van der Waals surface area contributed by atoms with Crippen molar-refractivity contribution in [1.82, 2.24) is 4.90 Å². The summed E-state index contributed by atoms with van der Waals surface area (Å²) < 4.78 is 0. The molecule has 0 bridgehead atoms. The van der Waals surface area contributed by atoms with Crippen LogP contribution in [0.15, 0.2) is 0 Å². The van der Waals surface area contributed by atoms with E-state index in [1.807, 2.05) is 0 Å². The molecule has 1 heterocycles. The molecule has 0 aromatic carbocycles. The molecular weight excluding hydrogens is 194 g/mol. The van der Waals surface area contributed by atoms with Crippen molar-refractivity contribution in [2.24, 2.45) is 11.3 Å². The predicted octanol–water partition coefficient (Wildman–Crippen LogP) is 4.32. The van der Waals surface area contributed by atoms with Crippen molar-refractivity contribution in [1.29, 1.82) is 0 Å². The number of rotatable bonds is 6. The predicted molar refractivity (Wildman–Crippen MR) is 72.8 cm³/mol. The second kappa shape index (κ2) is 6.64. The van der Waals surface area contributed by atoms with Crippen LogP contribution in [-0.4, -0.2) is 24.5 Å². The summed E-state index contributed by atoms with van der Waals surface area (Å²) in [5.74, 6) is 0.824. The van der Waals surface area contributed by atoms with Crippen molar-refractivity contribution in [3.63, 3.8) is 0 Å². The van der Waals surface area contributed by atoms with E-state index in [9.17, 15) is 0 Å². The third kappa shape index (κ3) is 4.08. The van der Waals surface area contributed by atoms with Crippen LogP contribution in [0, 0.1) is 11.3 Å². The van der Waals surface area contributed by atoms with Crippen LogP contribution in [0.2, 0.25) is 0 Å². The van der Waals surface area contributed by atoms with E-state index < -0.39 is 0 Å². The Morgan fingerprint density at radius 2 is 1.50 bits per heavy atom. The van der Waals surface area contributed by atoms with E-state index in [0.29, 0.717) is 5.41 Å². The van der Waals surface area contributed by atoms with Crippen LogP contribution >= 0.6 is 0 Å². The first-order chi connectivity index (χ1) is 7.62. The molecule has 0 unspecified atom stereocenters. The minimum absolute atomic E-state index is 0.705. The molecule has 1 aliphatic rings. The summed E-state index contributed by atoms with van der Waals surface area (Å²) in [4.78, 5) is 2.67. The maximum atomic E-state index is 2.67. The maximum Gasteiger partial charge on any atom is 0.000439 e. The molecule has 96 valence electrons. The minimum Gasteiger partial charge on any atom is -0.303 e. The highest BCUT2D eigenvalue weighted by Gasteiger charge is 2.32. The maximum absolute atomic E-state index is 2.67. The normalized spacial score (nSPS) is 21.6. The molecule has 0 saturated carbocycles. The second-order valence-corrected chi connectivity index (χ2v) is 6.19. The van der Waals surface area contributed by atoms with Crippen molar-refractivity contribution in [2.75, 3.05) is 19.6 Å². The Labute approximate surface area is 103 Å². The summed E-state index contributed by atoms with van der Waals surface area (Å²) in [6.45, 7) is 13.3. The molecule has 0 aromatic heterocycles. The Morgan fingerprint density at radius 1 is 1.00 bits per heavy atom. The zero-order chi connectivity index (χ0) is 12.0. The quantitative estimate of drug-likeness (QED) is 0.650. The van der Waals surface area contributed by atoms with Gasteiger partial charge >= 0.3 is 0 Å². The van der Waals surface area contributed by atoms with Gasteiger partial charge in [0.05, 0.1) is 0 Å². The van der Waals surface area contributed by atoms with E-state index in [-0.39, 0.29) is 0 Å². The van der Waals surface area contributed by atoms with Gasteiger partial charge in [0, 0.05) is 6.54 Å². The summed E-state index contributed by atoms with van der Waals surface area (Å²) in [5.41, 5.74) is 0.705. The third-order valence-electron chi connectivity index (χ3n) is 4.10. The fraction of sp³-hybridized carbons (Fsp3) is 1.00. The Balaban J connectivity index is 2.42. The molecule has 1 fully saturated rings. The van der Waals surface area contributed by atoms with Gasteiger partial charge in [-0.1, -0.05) is 40.5 Å². The molecule has 1 nitrogen and oxygen atoms in total. The lowest BCUT2D eigenvalue weighted by atomic mass is 9.72. The van der Waals surface area contributed by atoms with Gasteiger partial charge in [-0.2, -0.15) is 0 Å². The standard InChI is InChI=1S/C15H31N/c1-5-7-15(8-6-2)9-11-16(12-10-15)13-14(3)4/h14H,5-13H2,1-4H3. The smallest absolute Gasteiger partial charge is 0.000439 e. The summed E-state index contributed by atoms with van der Waals surface area (Å²) >= 11 is 0. The van der Waals surface area contributed by atoms with E-state index in [1.165, 1.54) is 58.2 Å². The second-order valence-electron chi connectivity index (χ2n) is 6.19. The van der Waals surface area contributed by atoms with Gasteiger partial charge in [-0.15, -0.1) is 0 Å². The first-order valence-corrected chi connectivity index (χ1v) is 7.34. The van der Waals surface area contributed by atoms with Crippen LogP contribution < -0.4 is 0 Å². The number of hydrogen-bond acceptors (Lipinski definition) is 1. The lowest BCUT2D eigenvalue weighted by Crippen LogP contribution is -2.41. The summed E-state index contributed by atoms with van der Waals surface area (Å²) in [6, 6.07) is 0. The van der Waals surface area contributed by atoms with Crippen molar-refractivity contribution in [3.05, 3.63) is 0 Å². The molecule has 0 spiro atoms. The largest absolute Gasteiger partial charge is 0.303 e. The number of piperidine rings is 1. The molecule has 0 aromatic rings. The molecule has 1 aliphatic heterocycles. The third-order valence-corrected chi connectivity index (χ3v) is 4.10. The average Bonchev–Trinajstić information content (AvgIpc) is 2.22. The minimum atomic E-state index is 0.705. The van der Waals surface area contributed by atoms with Crippen molar-refractivity contribution in [3.8, 4) is 0 Å². The van der Waals surface area contributed by atoms with Gasteiger partial charge in [-0.3, -0.25) is 0 Å². The van der Waals surface area contributed by atoms with Crippen LogP contribution in [0.3, 0.4) is 0 Å². The zero-order valence-corrected chi connectivity index (χ0v) is 11.9. The summed E-state index contributed by atoms with van der Waals surface area (Å²) in [6.07, 6.45) is 8.53. The van der Waals surface area contributed by atoms with Gasteiger partial charge in [-0.05, 0) is 50.1 Å². The van der Waals surface area contributed by atoms with Gasteiger partial charge in [0.15, 0.2) is 0 Å². The number of nitrogens with zero attached hydrogens (tertiary/aromatic N) is 1. The van der Waals surface area contributed by atoms with E-state index >= 15 is 0 Å². The van der Waals surface area contributed by atoms with Gasteiger partial charge in [-0.25, -0.2) is 0 Å². The van der Waals surface area contributed by atoms with E-state index in [2.05, 4.69) is 32.6 Å². The molecule has 0 N–H and O–H groups in total. The lowest BCUT2D eigenvalue weighted by Gasteiger charge is -2.42. The molecule has 0 amide bonds. The van der Waals surface area contributed by atoms with Crippen LogP contribution in [0.25, 0.3) is 0 Å². The highest BCUT2D eigenvalue weighted by Crippen LogP contribution is 2.40. The molecule has 0 atom stereocenters. The Bertz CT molecular complexity index is 170. The first kappa shape index (κ1) is 14.0. The topological polar surface area (TPSA) is 3.24 Å². The van der Waals surface area contributed by atoms with Gasteiger partial charge in [0.1, 0.15) is 0 Å². The van der Waals surface area contributed by atoms with E-state index in [1.54, 1.807) is 0 Å². The molecule has 1 saturated heterocycles. The highest BCUT2D eigenvalue weighted by molar-refractivity contribution is 4.85. The monoisotopic (exact) mass is 225 g/mol. The molecule has 1 heteroatoms. The zero-order valence-electron chi connectivity index (χ0n) is 11.9. The summed E-state index contributed by atoms with van der Waals surface area (Å²) in [7, 11) is 0. The Kier molecular flexibility index (Phi) is 5.82. The van der Waals surface area contributed by atoms with Gasteiger partial charge < -0.3 is 4.90 Å².